The van der Waals surface area contributed by atoms with Gasteiger partial charge in [-0.15, -0.1) is 0 Å². The summed E-state index contributed by atoms with van der Waals surface area (Å²) in [5.41, 5.74) is 0. The van der Waals surface area contributed by atoms with E-state index in [2.05, 4.69) is 0 Å². The first kappa shape index (κ1) is 8.66. The van der Waals surface area contributed by atoms with Crippen LogP contribution in [0.25, 0.3) is 0 Å². The summed E-state index contributed by atoms with van der Waals surface area (Å²) in [7, 11) is 0. The van der Waals surface area contributed by atoms with Crippen molar-refractivity contribution in [1.82, 2.24) is 4.90 Å². The minimum atomic E-state index is -0.286. The summed E-state index contributed by atoms with van der Waals surface area (Å²) in [6.07, 6.45) is 7.73. The van der Waals surface area contributed by atoms with E-state index in [0.29, 0.717) is 0 Å². The van der Waals surface area contributed by atoms with Crippen LogP contribution in [-0.2, 0) is 9.59 Å². The third kappa shape index (κ3) is 0.904. The van der Waals surface area contributed by atoms with Crippen molar-refractivity contribution in [2.45, 2.75) is 12.8 Å². The van der Waals surface area contributed by atoms with Gasteiger partial charge in [0, 0.05) is 0 Å². The molecule has 15 heavy (non-hydrogen) atoms. The summed E-state index contributed by atoms with van der Waals surface area (Å²) < 4.78 is 0. The Morgan fingerprint density at radius 2 is 1.60 bits per heavy atom. The highest BCUT2D eigenvalue weighted by molar-refractivity contribution is 6.07. The Bertz CT molecular complexity index is 389. The first-order valence-electron chi connectivity index (χ1n) is 5.20. The number of allylic oxidation sites excluding steroid dienone is 2. The SMILES string of the molecule is N#CN1C(=O)C2C3C=CC(CC3)C2C1=O. The fourth-order valence-corrected chi connectivity index (χ4v) is 3.17. The molecule has 0 aromatic carbocycles. The van der Waals surface area contributed by atoms with Gasteiger partial charge in [-0.05, 0) is 24.7 Å². The van der Waals surface area contributed by atoms with Crippen LogP contribution < -0.4 is 0 Å². The van der Waals surface area contributed by atoms with Gasteiger partial charge in [-0.2, -0.15) is 10.2 Å². The summed E-state index contributed by atoms with van der Waals surface area (Å²) >= 11 is 0. The number of nitrogens with zero attached hydrogens (tertiary/aromatic N) is 2. The Kier molecular flexibility index (Phi) is 1.55. The summed E-state index contributed by atoms with van der Waals surface area (Å²) in [4.78, 5) is 24.4. The molecule has 2 fully saturated rings. The molecular weight excluding hydrogens is 192 g/mol. The second-order valence-electron chi connectivity index (χ2n) is 4.45. The van der Waals surface area contributed by atoms with E-state index in [1.807, 2.05) is 12.2 Å². The smallest absolute Gasteiger partial charge is 0.247 e. The minimum Gasteiger partial charge on any atom is -0.273 e. The molecule has 1 saturated carbocycles. The molecule has 4 heteroatoms. The lowest BCUT2D eigenvalue weighted by molar-refractivity contribution is -0.136. The standard InChI is InChI=1S/C11H10N2O2/c12-5-13-10(14)8-6-1-2-7(4-3-6)9(8)11(13)15/h1-2,6-9H,3-4H2. The van der Waals surface area contributed by atoms with Crippen LogP contribution in [0.5, 0.6) is 0 Å². The van der Waals surface area contributed by atoms with Gasteiger partial charge in [-0.25, -0.2) is 0 Å². The lowest BCUT2D eigenvalue weighted by Gasteiger charge is -2.38. The number of fused-ring (bicyclic) bond motifs is 1. The second kappa shape index (κ2) is 2.69. The molecule has 1 saturated heterocycles. The number of likely N-dealkylation sites (tertiary alicyclic amines) is 1. The van der Waals surface area contributed by atoms with Gasteiger partial charge in [-0.3, -0.25) is 9.59 Å². The normalized spacial score (nSPS) is 41.9. The highest BCUT2D eigenvalue weighted by atomic mass is 16.2. The molecule has 76 valence electrons. The summed E-state index contributed by atoms with van der Waals surface area (Å²) in [6.45, 7) is 0. The van der Waals surface area contributed by atoms with Crippen LogP contribution in [0.2, 0.25) is 0 Å². The zero-order valence-corrected chi connectivity index (χ0v) is 8.09. The minimum absolute atomic E-state index is 0.176. The molecule has 1 heterocycles. The Morgan fingerprint density at radius 1 is 1.13 bits per heavy atom. The zero-order valence-electron chi connectivity index (χ0n) is 8.09. The Labute approximate surface area is 87.2 Å². The van der Waals surface area contributed by atoms with Crippen molar-refractivity contribution in [1.29, 1.82) is 5.26 Å². The van der Waals surface area contributed by atoms with Gasteiger partial charge in [0.1, 0.15) is 0 Å². The molecule has 2 bridgehead atoms. The van der Waals surface area contributed by atoms with E-state index in [-0.39, 0.29) is 35.5 Å². The Balaban J connectivity index is 2.07. The van der Waals surface area contributed by atoms with E-state index >= 15 is 0 Å². The van der Waals surface area contributed by atoms with E-state index in [4.69, 9.17) is 5.26 Å². The maximum Gasteiger partial charge on any atom is 0.247 e. The van der Waals surface area contributed by atoms with Crippen molar-refractivity contribution >= 4 is 11.8 Å². The number of hydrogen-bond acceptors (Lipinski definition) is 3. The monoisotopic (exact) mass is 202 g/mol. The number of carbonyl (C=O) groups is 2. The molecule has 3 aliphatic carbocycles. The average molecular weight is 202 g/mol. The summed E-state index contributed by atoms with van der Waals surface area (Å²) in [6, 6.07) is 0. The van der Waals surface area contributed by atoms with Gasteiger partial charge in [0.25, 0.3) is 0 Å². The molecule has 4 unspecified atom stereocenters. The van der Waals surface area contributed by atoms with Crippen LogP contribution in [-0.4, -0.2) is 16.7 Å². The second-order valence-corrected chi connectivity index (χ2v) is 4.45. The predicted octanol–water partition coefficient (Wildman–Crippen LogP) is 0.665. The predicted molar refractivity (Wildman–Crippen MR) is 49.8 cm³/mol. The number of imide groups is 1. The van der Waals surface area contributed by atoms with Crippen LogP contribution >= 0.6 is 0 Å². The summed E-state index contributed by atoms with van der Waals surface area (Å²) in [5.74, 6) is -0.718. The number of nitriles is 1. The molecule has 0 radical (unpaired) electrons. The number of hydrogen-bond donors (Lipinski definition) is 0. The zero-order chi connectivity index (χ0) is 10.6. The van der Waals surface area contributed by atoms with Crippen LogP contribution in [0.15, 0.2) is 12.2 Å². The van der Waals surface area contributed by atoms with Crippen LogP contribution in [0, 0.1) is 35.1 Å². The average Bonchev–Trinajstić information content (AvgIpc) is 2.55. The third-order valence-electron chi connectivity index (χ3n) is 3.86. The lowest BCUT2D eigenvalue weighted by Crippen LogP contribution is -2.38. The first-order valence-corrected chi connectivity index (χ1v) is 5.20. The molecule has 4 rings (SSSR count). The van der Waals surface area contributed by atoms with Crippen molar-refractivity contribution in [2.24, 2.45) is 23.7 Å². The Morgan fingerprint density at radius 3 is 1.93 bits per heavy atom. The van der Waals surface area contributed by atoms with Crippen LogP contribution in [0.4, 0.5) is 0 Å². The van der Waals surface area contributed by atoms with E-state index in [1.165, 1.54) is 0 Å². The number of amides is 2. The van der Waals surface area contributed by atoms with Crippen molar-refractivity contribution in [2.75, 3.05) is 0 Å². The van der Waals surface area contributed by atoms with E-state index < -0.39 is 0 Å². The van der Waals surface area contributed by atoms with E-state index in [0.717, 1.165) is 17.7 Å². The maximum absolute atomic E-state index is 11.8. The largest absolute Gasteiger partial charge is 0.273 e. The molecule has 0 aromatic rings. The molecule has 4 atom stereocenters. The van der Waals surface area contributed by atoms with Gasteiger partial charge in [0.05, 0.1) is 11.8 Å². The quantitative estimate of drug-likeness (QED) is 0.329. The maximum atomic E-state index is 11.8. The van der Waals surface area contributed by atoms with E-state index in [9.17, 15) is 9.59 Å². The van der Waals surface area contributed by atoms with Gasteiger partial charge >= 0.3 is 0 Å². The van der Waals surface area contributed by atoms with Gasteiger partial charge in [-0.1, -0.05) is 12.2 Å². The fraction of sp³-hybridized carbons (Fsp3) is 0.545. The topological polar surface area (TPSA) is 61.2 Å². The number of carbonyl (C=O) groups excluding carboxylic acids is 2. The molecular formula is C11H10N2O2. The molecule has 4 nitrogen and oxygen atoms in total. The van der Waals surface area contributed by atoms with E-state index in [1.54, 1.807) is 6.19 Å². The van der Waals surface area contributed by atoms with Crippen LogP contribution in [0.1, 0.15) is 12.8 Å². The molecule has 2 amide bonds. The van der Waals surface area contributed by atoms with Gasteiger partial charge in [0.15, 0.2) is 6.19 Å². The van der Waals surface area contributed by atoms with Crippen molar-refractivity contribution < 1.29 is 9.59 Å². The van der Waals surface area contributed by atoms with Crippen molar-refractivity contribution in [3.8, 4) is 6.19 Å². The molecule has 0 aromatic heterocycles. The molecule has 4 aliphatic rings. The third-order valence-corrected chi connectivity index (χ3v) is 3.86. The van der Waals surface area contributed by atoms with Gasteiger partial charge < -0.3 is 0 Å². The molecule has 1 aliphatic heterocycles. The summed E-state index contributed by atoms with van der Waals surface area (Å²) in [5, 5.41) is 8.76. The molecule has 0 N–H and O–H groups in total. The van der Waals surface area contributed by atoms with Crippen LogP contribution in [0.3, 0.4) is 0 Å². The highest BCUT2D eigenvalue weighted by Gasteiger charge is 2.56. The molecule has 0 spiro atoms. The lowest BCUT2D eigenvalue weighted by atomic mass is 9.63. The first-order chi connectivity index (χ1) is 7.24. The van der Waals surface area contributed by atoms with Gasteiger partial charge in [0.2, 0.25) is 11.8 Å². The van der Waals surface area contributed by atoms with Crippen molar-refractivity contribution in [3.63, 3.8) is 0 Å². The number of rotatable bonds is 0. The highest BCUT2D eigenvalue weighted by Crippen LogP contribution is 2.49. The fourth-order valence-electron chi connectivity index (χ4n) is 3.17. The Hall–Kier alpha value is -1.63. The van der Waals surface area contributed by atoms with Crippen molar-refractivity contribution in [3.05, 3.63) is 12.2 Å².